The summed E-state index contributed by atoms with van der Waals surface area (Å²) in [6.07, 6.45) is 1.23. The summed E-state index contributed by atoms with van der Waals surface area (Å²) in [5.74, 6) is 0. The van der Waals surface area contributed by atoms with E-state index in [-0.39, 0.29) is 0 Å². The summed E-state index contributed by atoms with van der Waals surface area (Å²) in [4.78, 5) is 2.35. The number of nitrogens with one attached hydrogen (secondary N) is 1. The van der Waals surface area contributed by atoms with E-state index in [0.717, 1.165) is 6.54 Å². The third-order valence-electron chi connectivity index (χ3n) is 2.92. The number of hydrogen-bond acceptors (Lipinski definition) is 3. The number of benzene rings is 1. The molecular formula is C12H19N3. The number of rotatable bonds is 3. The van der Waals surface area contributed by atoms with Crippen LogP contribution in [0.25, 0.3) is 0 Å². The fraction of sp³-hybridized carbons (Fsp3) is 0.500. The molecule has 1 aliphatic heterocycles. The molecule has 1 heterocycles. The summed E-state index contributed by atoms with van der Waals surface area (Å²) in [7, 11) is 2.16. The second-order valence-corrected chi connectivity index (χ2v) is 4.30. The maximum atomic E-state index is 5.61. The van der Waals surface area contributed by atoms with Gasteiger partial charge in [0.25, 0.3) is 0 Å². The normalized spacial score (nSPS) is 21.9. The van der Waals surface area contributed by atoms with Gasteiger partial charge in [-0.05, 0) is 37.7 Å². The highest BCUT2D eigenvalue weighted by Crippen LogP contribution is 2.15. The Kier molecular flexibility index (Phi) is 3.23. The van der Waals surface area contributed by atoms with Gasteiger partial charge in [0, 0.05) is 24.8 Å². The lowest BCUT2D eigenvalue weighted by molar-refractivity contribution is 0.414. The second-order valence-electron chi connectivity index (χ2n) is 4.30. The average molecular weight is 205 g/mol. The standard InChI is InChI=1S/C12H19N3/c1-15-6-5-12(9-15)14-11-4-2-3-10(7-11)8-13/h2-4,7,12,14H,5-6,8-9,13H2,1H3. The van der Waals surface area contributed by atoms with Gasteiger partial charge in [-0.25, -0.2) is 0 Å². The van der Waals surface area contributed by atoms with Gasteiger partial charge in [-0.3, -0.25) is 0 Å². The van der Waals surface area contributed by atoms with Crippen molar-refractivity contribution in [2.45, 2.75) is 19.0 Å². The van der Waals surface area contributed by atoms with E-state index >= 15 is 0 Å². The van der Waals surface area contributed by atoms with E-state index in [1.165, 1.54) is 24.2 Å². The smallest absolute Gasteiger partial charge is 0.0400 e. The van der Waals surface area contributed by atoms with Gasteiger partial charge in [0.2, 0.25) is 0 Å². The number of hydrogen-bond donors (Lipinski definition) is 2. The van der Waals surface area contributed by atoms with Crippen LogP contribution in [0.2, 0.25) is 0 Å². The minimum Gasteiger partial charge on any atom is -0.381 e. The molecule has 1 unspecified atom stereocenters. The molecule has 0 amide bonds. The third-order valence-corrected chi connectivity index (χ3v) is 2.92. The van der Waals surface area contributed by atoms with Crippen molar-refractivity contribution < 1.29 is 0 Å². The predicted octanol–water partition coefficient (Wildman–Crippen LogP) is 1.26. The van der Waals surface area contributed by atoms with E-state index in [2.05, 4.69) is 41.5 Å². The van der Waals surface area contributed by atoms with E-state index in [4.69, 9.17) is 5.73 Å². The quantitative estimate of drug-likeness (QED) is 0.780. The van der Waals surface area contributed by atoms with Gasteiger partial charge in [0.15, 0.2) is 0 Å². The van der Waals surface area contributed by atoms with Crippen molar-refractivity contribution in [3.63, 3.8) is 0 Å². The van der Waals surface area contributed by atoms with E-state index in [9.17, 15) is 0 Å². The molecule has 0 aliphatic carbocycles. The molecule has 1 atom stereocenters. The first-order valence-corrected chi connectivity index (χ1v) is 5.52. The SMILES string of the molecule is CN1CCC(Nc2cccc(CN)c2)C1. The molecule has 3 heteroatoms. The molecule has 0 aromatic heterocycles. The molecule has 1 aromatic carbocycles. The molecule has 3 nitrogen and oxygen atoms in total. The van der Waals surface area contributed by atoms with E-state index in [0.29, 0.717) is 12.6 Å². The molecule has 1 aromatic rings. The molecule has 2 rings (SSSR count). The van der Waals surface area contributed by atoms with Gasteiger partial charge in [-0.15, -0.1) is 0 Å². The lowest BCUT2D eigenvalue weighted by Gasteiger charge is -2.14. The highest BCUT2D eigenvalue weighted by atomic mass is 15.2. The summed E-state index contributed by atoms with van der Waals surface area (Å²) in [6.45, 7) is 2.93. The van der Waals surface area contributed by atoms with Crippen LogP contribution in [0.3, 0.4) is 0 Å². The van der Waals surface area contributed by atoms with Gasteiger partial charge in [-0.2, -0.15) is 0 Å². The first-order valence-electron chi connectivity index (χ1n) is 5.52. The molecule has 15 heavy (non-hydrogen) atoms. The van der Waals surface area contributed by atoms with Crippen LogP contribution < -0.4 is 11.1 Å². The van der Waals surface area contributed by atoms with Gasteiger partial charge in [0.05, 0.1) is 0 Å². The topological polar surface area (TPSA) is 41.3 Å². The fourth-order valence-corrected chi connectivity index (χ4v) is 2.08. The van der Waals surface area contributed by atoms with Crippen LogP contribution in [0, 0.1) is 0 Å². The Labute approximate surface area is 91.3 Å². The first-order chi connectivity index (χ1) is 7.28. The number of nitrogens with two attached hydrogens (primary N) is 1. The zero-order chi connectivity index (χ0) is 10.7. The predicted molar refractivity (Wildman–Crippen MR) is 63.9 cm³/mol. The Morgan fingerprint density at radius 3 is 3.07 bits per heavy atom. The zero-order valence-electron chi connectivity index (χ0n) is 9.24. The van der Waals surface area contributed by atoms with Crippen LogP contribution in [0.4, 0.5) is 5.69 Å². The first kappa shape index (κ1) is 10.5. The molecule has 0 bridgehead atoms. The molecule has 1 saturated heterocycles. The van der Waals surface area contributed by atoms with Gasteiger partial charge in [-0.1, -0.05) is 12.1 Å². The van der Waals surface area contributed by atoms with Crippen molar-refractivity contribution >= 4 is 5.69 Å². The molecular weight excluding hydrogens is 186 g/mol. The molecule has 0 spiro atoms. The van der Waals surface area contributed by atoms with E-state index < -0.39 is 0 Å². The third kappa shape index (κ3) is 2.70. The van der Waals surface area contributed by atoms with Crippen molar-refractivity contribution in [2.24, 2.45) is 5.73 Å². The number of likely N-dealkylation sites (N-methyl/N-ethyl adjacent to an activating group) is 1. The molecule has 1 aliphatic rings. The fourth-order valence-electron chi connectivity index (χ4n) is 2.08. The van der Waals surface area contributed by atoms with Crippen LogP contribution in [0.15, 0.2) is 24.3 Å². The Hall–Kier alpha value is -1.06. The van der Waals surface area contributed by atoms with Gasteiger partial charge in [0.1, 0.15) is 0 Å². The summed E-state index contributed by atoms with van der Waals surface area (Å²) in [5, 5.41) is 3.55. The molecule has 3 N–H and O–H groups in total. The number of nitrogens with zero attached hydrogens (tertiary/aromatic N) is 1. The highest BCUT2D eigenvalue weighted by molar-refractivity contribution is 5.46. The van der Waals surface area contributed by atoms with Crippen molar-refractivity contribution in [1.29, 1.82) is 0 Å². The highest BCUT2D eigenvalue weighted by Gasteiger charge is 2.18. The van der Waals surface area contributed by atoms with Crippen LogP contribution in [0.1, 0.15) is 12.0 Å². The average Bonchev–Trinajstić information content (AvgIpc) is 2.64. The van der Waals surface area contributed by atoms with Crippen molar-refractivity contribution in [3.8, 4) is 0 Å². The van der Waals surface area contributed by atoms with Crippen LogP contribution in [-0.2, 0) is 6.54 Å². The van der Waals surface area contributed by atoms with Gasteiger partial charge >= 0.3 is 0 Å². The number of anilines is 1. The van der Waals surface area contributed by atoms with Crippen molar-refractivity contribution in [2.75, 3.05) is 25.5 Å². The molecule has 0 saturated carbocycles. The summed E-state index contributed by atoms with van der Waals surface area (Å²) < 4.78 is 0. The Morgan fingerprint density at radius 2 is 2.40 bits per heavy atom. The number of likely N-dealkylation sites (tertiary alicyclic amines) is 1. The van der Waals surface area contributed by atoms with E-state index in [1.807, 2.05) is 0 Å². The summed E-state index contributed by atoms with van der Waals surface area (Å²) in [5.41, 5.74) is 7.99. The van der Waals surface area contributed by atoms with E-state index in [1.54, 1.807) is 0 Å². The minimum atomic E-state index is 0.586. The van der Waals surface area contributed by atoms with Crippen LogP contribution in [0.5, 0.6) is 0 Å². The Morgan fingerprint density at radius 1 is 1.53 bits per heavy atom. The van der Waals surface area contributed by atoms with Gasteiger partial charge < -0.3 is 16.0 Å². The maximum absolute atomic E-state index is 5.61. The molecule has 1 fully saturated rings. The van der Waals surface area contributed by atoms with Crippen LogP contribution >= 0.6 is 0 Å². The largest absolute Gasteiger partial charge is 0.381 e. The second kappa shape index (κ2) is 4.64. The molecule has 0 radical (unpaired) electrons. The van der Waals surface area contributed by atoms with Crippen molar-refractivity contribution in [3.05, 3.63) is 29.8 Å². The molecule has 82 valence electrons. The van der Waals surface area contributed by atoms with Crippen LogP contribution in [-0.4, -0.2) is 31.1 Å². The Bertz CT molecular complexity index is 324. The summed E-state index contributed by atoms with van der Waals surface area (Å²) in [6, 6.07) is 8.95. The lowest BCUT2D eigenvalue weighted by atomic mass is 10.2. The minimum absolute atomic E-state index is 0.586. The lowest BCUT2D eigenvalue weighted by Crippen LogP contribution is -2.23. The Balaban J connectivity index is 1.98. The zero-order valence-corrected chi connectivity index (χ0v) is 9.24. The van der Waals surface area contributed by atoms with Crippen molar-refractivity contribution in [1.82, 2.24) is 4.90 Å². The summed E-state index contributed by atoms with van der Waals surface area (Å²) >= 11 is 0. The monoisotopic (exact) mass is 205 g/mol. The maximum Gasteiger partial charge on any atom is 0.0400 e.